The monoisotopic (exact) mass is 246 g/mol. The van der Waals surface area contributed by atoms with E-state index >= 15 is 0 Å². The molecule has 0 radical (unpaired) electrons. The Labute approximate surface area is 107 Å². The summed E-state index contributed by atoms with van der Waals surface area (Å²) in [5.74, 6) is 0.363. The van der Waals surface area contributed by atoms with E-state index < -0.39 is 0 Å². The van der Waals surface area contributed by atoms with Gasteiger partial charge in [0.2, 0.25) is 5.91 Å². The Kier molecular flexibility index (Phi) is 3.77. The van der Waals surface area contributed by atoms with Crippen LogP contribution < -0.4 is 5.32 Å². The van der Waals surface area contributed by atoms with Crippen LogP contribution >= 0.6 is 0 Å². The number of rotatable bonds is 5. The van der Waals surface area contributed by atoms with Crippen molar-refractivity contribution in [3.8, 4) is 0 Å². The molecule has 0 atom stereocenters. The van der Waals surface area contributed by atoms with Gasteiger partial charge in [0, 0.05) is 17.2 Å². The molecule has 1 N–H and O–H groups in total. The van der Waals surface area contributed by atoms with Crippen LogP contribution in [0.1, 0.15) is 23.2 Å². The lowest BCUT2D eigenvalue weighted by Crippen LogP contribution is -2.21. The molecule has 1 aromatic rings. The van der Waals surface area contributed by atoms with E-state index in [9.17, 15) is 9.59 Å². The third-order valence-electron chi connectivity index (χ3n) is 2.88. The molecule has 1 aliphatic carbocycles. The fourth-order valence-electron chi connectivity index (χ4n) is 1.71. The molecular formula is C14H18N2O2. The number of hydrogen-bond acceptors (Lipinski definition) is 3. The molecule has 1 aromatic carbocycles. The van der Waals surface area contributed by atoms with Crippen LogP contribution in [0.4, 0.5) is 5.69 Å². The minimum Gasteiger partial charge on any atom is -0.326 e. The lowest BCUT2D eigenvalue weighted by Gasteiger charge is -2.09. The lowest BCUT2D eigenvalue weighted by atomic mass is 10.1. The Morgan fingerprint density at radius 3 is 2.33 bits per heavy atom. The fourth-order valence-corrected chi connectivity index (χ4v) is 1.71. The van der Waals surface area contributed by atoms with Gasteiger partial charge >= 0.3 is 0 Å². The molecule has 1 saturated carbocycles. The van der Waals surface area contributed by atoms with Gasteiger partial charge in [0.15, 0.2) is 5.78 Å². The van der Waals surface area contributed by atoms with Crippen molar-refractivity contribution in [2.75, 3.05) is 26.0 Å². The Morgan fingerprint density at radius 1 is 1.22 bits per heavy atom. The number of Topliss-reactive ketones (excluding diaryl/α,β-unsaturated/α-hetero) is 1. The average molecular weight is 246 g/mol. The molecule has 18 heavy (non-hydrogen) atoms. The summed E-state index contributed by atoms with van der Waals surface area (Å²) in [4.78, 5) is 25.2. The molecule has 0 unspecified atom stereocenters. The number of carbonyl (C=O) groups is 2. The van der Waals surface area contributed by atoms with Crippen LogP contribution in [0.15, 0.2) is 24.3 Å². The largest absolute Gasteiger partial charge is 0.326 e. The van der Waals surface area contributed by atoms with Crippen LogP contribution in [-0.4, -0.2) is 37.2 Å². The first-order valence-corrected chi connectivity index (χ1v) is 6.15. The zero-order valence-electron chi connectivity index (χ0n) is 10.8. The van der Waals surface area contributed by atoms with Gasteiger partial charge in [0.1, 0.15) is 0 Å². The molecule has 0 heterocycles. The van der Waals surface area contributed by atoms with Gasteiger partial charge < -0.3 is 10.2 Å². The van der Waals surface area contributed by atoms with Crippen molar-refractivity contribution in [1.29, 1.82) is 0 Å². The van der Waals surface area contributed by atoms with E-state index in [2.05, 4.69) is 5.32 Å². The summed E-state index contributed by atoms with van der Waals surface area (Å²) in [5, 5.41) is 2.85. The quantitative estimate of drug-likeness (QED) is 0.806. The van der Waals surface area contributed by atoms with Crippen molar-refractivity contribution in [1.82, 2.24) is 4.90 Å². The van der Waals surface area contributed by atoms with E-state index in [0.29, 0.717) is 12.1 Å². The highest BCUT2D eigenvalue weighted by molar-refractivity contribution is 5.99. The maximum Gasteiger partial charge on any atom is 0.227 e. The Bertz CT molecular complexity index is 447. The number of ketones is 1. The molecule has 96 valence electrons. The SMILES string of the molecule is CN(C)CC(=O)c1ccc(NC(=O)C2CC2)cc1. The summed E-state index contributed by atoms with van der Waals surface area (Å²) in [6.07, 6.45) is 1.98. The molecule has 0 bridgehead atoms. The number of hydrogen-bond donors (Lipinski definition) is 1. The summed E-state index contributed by atoms with van der Waals surface area (Å²) >= 11 is 0. The number of nitrogens with one attached hydrogen (secondary N) is 1. The highest BCUT2D eigenvalue weighted by Crippen LogP contribution is 2.30. The maximum atomic E-state index is 11.8. The zero-order chi connectivity index (χ0) is 13.1. The lowest BCUT2D eigenvalue weighted by molar-refractivity contribution is -0.117. The third kappa shape index (κ3) is 3.40. The van der Waals surface area contributed by atoms with Crippen molar-refractivity contribution in [2.45, 2.75) is 12.8 Å². The smallest absolute Gasteiger partial charge is 0.227 e. The van der Waals surface area contributed by atoms with Gasteiger partial charge in [0.25, 0.3) is 0 Å². The van der Waals surface area contributed by atoms with E-state index in [0.717, 1.165) is 18.5 Å². The van der Waals surface area contributed by atoms with E-state index in [4.69, 9.17) is 0 Å². The van der Waals surface area contributed by atoms with Crippen LogP contribution in [0.2, 0.25) is 0 Å². The summed E-state index contributed by atoms with van der Waals surface area (Å²) in [6.45, 7) is 0.397. The van der Waals surface area contributed by atoms with Crippen molar-refractivity contribution in [3.05, 3.63) is 29.8 Å². The minimum absolute atomic E-state index is 0.0834. The first-order chi connectivity index (χ1) is 8.56. The van der Waals surface area contributed by atoms with Crippen molar-refractivity contribution < 1.29 is 9.59 Å². The molecule has 2 rings (SSSR count). The second kappa shape index (κ2) is 5.31. The predicted molar refractivity (Wildman–Crippen MR) is 70.7 cm³/mol. The molecule has 4 nitrogen and oxygen atoms in total. The predicted octanol–water partition coefficient (Wildman–Crippen LogP) is 1.78. The van der Waals surface area contributed by atoms with Crippen molar-refractivity contribution in [3.63, 3.8) is 0 Å². The third-order valence-corrected chi connectivity index (χ3v) is 2.88. The normalized spacial score (nSPS) is 14.6. The van der Waals surface area contributed by atoms with Crippen LogP contribution in [0.25, 0.3) is 0 Å². The van der Waals surface area contributed by atoms with Gasteiger partial charge in [-0.05, 0) is 51.2 Å². The van der Waals surface area contributed by atoms with Gasteiger partial charge in [-0.3, -0.25) is 9.59 Å². The van der Waals surface area contributed by atoms with Crippen LogP contribution in [-0.2, 0) is 4.79 Å². The molecular weight excluding hydrogens is 228 g/mol. The van der Waals surface area contributed by atoms with Gasteiger partial charge in [0.05, 0.1) is 6.54 Å². The number of likely N-dealkylation sites (N-methyl/N-ethyl adjacent to an activating group) is 1. The van der Waals surface area contributed by atoms with Crippen LogP contribution in [0.3, 0.4) is 0 Å². The number of anilines is 1. The average Bonchev–Trinajstić information content (AvgIpc) is 3.12. The molecule has 1 aliphatic rings. The number of benzene rings is 1. The highest BCUT2D eigenvalue weighted by atomic mass is 16.2. The number of nitrogens with zero attached hydrogens (tertiary/aromatic N) is 1. The second-order valence-corrected chi connectivity index (χ2v) is 5.00. The fraction of sp³-hybridized carbons (Fsp3) is 0.429. The highest BCUT2D eigenvalue weighted by Gasteiger charge is 2.29. The number of carbonyl (C=O) groups excluding carboxylic acids is 2. The maximum absolute atomic E-state index is 11.8. The van der Waals surface area contributed by atoms with Crippen molar-refractivity contribution in [2.24, 2.45) is 5.92 Å². The molecule has 4 heteroatoms. The van der Waals surface area contributed by atoms with E-state index in [1.165, 1.54) is 0 Å². The molecule has 1 fully saturated rings. The summed E-state index contributed by atoms with van der Waals surface area (Å²) < 4.78 is 0. The Balaban J connectivity index is 1.96. The van der Waals surface area contributed by atoms with E-state index in [-0.39, 0.29) is 17.6 Å². The van der Waals surface area contributed by atoms with Gasteiger partial charge in [-0.15, -0.1) is 0 Å². The summed E-state index contributed by atoms with van der Waals surface area (Å²) in [5.41, 5.74) is 1.43. The van der Waals surface area contributed by atoms with Gasteiger partial charge in [-0.2, -0.15) is 0 Å². The summed E-state index contributed by atoms with van der Waals surface area (Å²) in [6, 6.07) is 7.08. The molecule has 0 aromatic heterocycles. The van der Waals surface area contributed by atoms with E-state index in [1.807, 2.05) is 19.0 Å². The molecule has 0 saturated heterocycles. The van der Waals surface area contributed by atoms with Crippen LogP contribution in [0, 0.1) is 5.92 Å². The number of amides is 1. The first-order valence-electron chi connectivity index (χ1n) is 6.15. The molecule has 0 aliphatic heterocycles. The van der Waals surface area contributed by atoms with Crippen LogP contribution in [0.5, 0.6) is 0 Å². The second-order valence-electron chi connectivity index (χ2n) is 5.00. The minimum atomic E-state index is 0.0834. The Morgan fingerprint density at radius 2 is 1.83 bits per heavy atom. The van der Waals surface area contributed by atoms with Gasteiger partial charge in [-0.1, -0.05) is 0 Å². The molecule has 0 spiro atoms. The van der Waals surface area contributed by atoms with Crippen molar-refractivity contribution >= 4 is 17.4 Å². The van der Waals surface area contributed by atoms with E-state index in [1.54, 1.807) is 24.3 Å². The standard InChI is InChI=1S/C14H18N2O2/c1-16(2)9-13(17)10-5-7-12(8-6-10)15-14(18)11-3-4-11/h5-8,11H,3-4,9H2,1-2H3,(H,15,18). The topological polar surface area (TPSA) is 49.4 Å². The Hall–Kier alpha value is -1.68. The summed E-state index contributed by atoms with van der Waals surface area (Å²) in [7, 11) is 3.73. The van der Waals surface area contributed by atoms with Gasteiger partial charge in [-0.25, -0.2) is 0 Å². The molecule has 1 amide bonds. The zero-order valence-corrected chi connectivity index (χ0v) is 10.8. The first kappa shape index (κ1) is 12.8.